The van der Waals surface area contributed by atoms with Gasteiger partial charge >= 0.3 is 0 Å². The number of rotatable bonds is 30. The van der Waals surface area contributed by atoms with Crippen molar-refractivity contribution in [1.82, 2.24) is 9.80 Å². The second kappa shape index (κ2) is 30.9. The van der Waals surface area contributed by atoms with Gasteiger partial charge in [-0.25, -0.2) is 0 Å². The Hall–Kier alpha value is -4.30. The molecule has 0 aromatic heterocycles. The lowest BCUT2D eigenvalue weighted by Crippen LogP contribution is -2.47. The molecular formula is C52H76Cl2N2O10. The van der Waals surface area contributed by atoms with Crippen LogP contribution in [0, 0.1) is 0 Å². The Balaban J connectivity index is 0.00000578. The summed E-state index contributed by atoms with van der Waals surface area (Å²) in [5.41, 5.74) is 3.94. The molecule has 0 bridgehead atoms. The summed E-state index contributed by atoms with van der Waals surface area (Å²) < 4.78 is 60.3. The number of nitrogens with zero attached hydrogens (tertiary/aromatic N) is 2. The monoisotopic (exact) mass is 958 g/mol. The maximum absolute atomic E-state index is 6.71. The Morgan fingerprint density at radius 3 is 0.864 bits per heavy atom. The van der Waals surface area contributed by atoms with Crippen LogP contribution in [0.5, 0.6) is 46.0 Å². The average molecular weight is 960 g/mol. The van der Waals surface area contributed by atoms with Gasteiger partial charge in [0, 0.05) is 52.5 Å². The van der Waals surface area contributed by atoms with E-state index in [0.717, 1.165) is 123 Å². The first-order valence-electron chi connectivity index (χ1n) is 23.3. The lowest BCUT2D eigenvalue weighted by atomic mass is 10.00. The highest BCUT2D eigenvalue weighted by molar-refractivity contribution is 5.85. The third-order valence-corrected chi connectivity index (χ3v) is 11.1. The average Bonchev–Trinajstić information content (AvgIpc) is 3.34. The van der Waals surface area contributed by atoms with E-state index in [9.17, 15) is 0 Å². The SMILES string of the molecule is CCCOc1ccc(C(OCCCN2CCN(CCCOC(c3ccc(OCCC)c(OC)c3)c3ccc(OCCC)c(OC)c3)CC2)c2ccc(OCCC)c(OC)c2)cc1OC.Cl.Cl. The van der Waals surface area contributed by atoms with Crippen LogP contribution in [0.15, 0.2) is 72.8 Å². The fourth-order valence-corrected chi connectivity index (χ4v) is 7.70. The molecule has 1 aliphatic rings. The summed E-state index contributed by atoms with van der Waals surface area (Å²) in [6.07, 6.45) is 4.81. The summed E-state index contributed by atoms with van der Waals surface area (Å²) >= 11 is 0. The molecule has 12 nitrogen and oxygen atoms in total. The minimum absolute atomic E-state index is 0. The predicted octanol–water partition coefficient (Wildman–Crippen LogP) is 11.0. The maximum Gasteiger partial charge on any atom is 0.161 e. The summed E-state index contributed by atoms with van der Waals surface area (Å²) in [5.74, 6) is 5.65. The zero-order valence-corrected chi connectivity index (χ0v) is 42.2. The van der Waals surface area contributed by atoms with Crippen molar-refractivity contribution in [2.24, 2.45) is 0 Å². The summed E-state index contributed by atoms with van der Waals surface area (Å²) in [6, 6.07) is 24.2. The number of ether oxygens (including phenoxy) is 10. The van der Waals surface area contributed by atoms with Crippen molar-refractivity contribution in [2.75, 3.05) is 107 Å². The summed E-state index contributed by atoms with van der Waals surface area (Å²) in [6.45, 7) is 18.0. The number of hydrogen-bond acceptors (Lipinski definition) is 12. The van der Waals surface area contributed by atoms with Crippen LogP contribution in [-0.4, -0.2) is 117 Å². The number of halogens is 2. The van der Waals surface area contributed by atoms with Crippen LogP contribution < -0.4 is 37.9 Å². The van der Waals surface area contributed by atoms with Gasteiger partial charge in [0.05, 0.1) is 54.9 Å². The standard InChI is InChI=1S/C52H74N2O10.2ClH/c1-9-29-59-43-19-15-39(35-47(43)55-5)51(40-16-20-44(60-30-10-2)48(36-40)56-6)63-33-13-23-53-25-27-54(28-26-53)24-14-34-64-52(41-17-21-45(61-31-11-3)49(37-41)57-7)42-18-22-46(62-32-12-4)50(38-42)58-8;;/h15-22,35-38,51-52H,9-14,23-34H2,1-8H3;2*1H. The molecule has 0 spiro atoms. The summed E-state index contributed by atoms with van der Waals surface area (Å²) in [7, 11) is 6.69. The molecule has 0 amide bonds. The lowest BCUT2D eigenvalue weighted by Gasteiger charge is -2.34. The van der Waals surface area contributed by atoms with E-state index in [0.29, 0.717) is 62.6 Å². The third-order valence-electron chi connectivity index (χ3n) is 11.1. The zero-order valence-electron chi connectivity index (χ0n) is 40.6. The molecule has 1 aliphatic heterocycles. The Labute approximate surface area is 407 Å². The highest BCUT2D eigenvalue weighted by atomic mass is 35.5. The topological polar surface area (TPSA) is 98.8 Å². The molecule has 66 heavy (non-hydrogen) atoms. The minimum atomic E-state index is -0.329. The molecule has 1 heterocycles. The van der Waals surface area contributed by atoms with Crippen LogP contribution in [0.1, 0.15) is 101 Å². The molecule has 1 saturated heterocycles. The molecule has 4 aromatic rings. The molecular weight excluding hydrogens is 883 g/mol. The molecule has 0 N–H and O–H groups in total. The Morgan fingerprint density at radius 1 is 0.379 bits per heavy atom. The summed E-state index contributed by atoms with van der Waals surface area (Å²) in [4.78, 5) is 5.07. The van der Waals surface area contributed by atoms with E-state index in [2.05, 4.69) is 61.8 Å². The fourth-order valence-electron chi connectivity index (χ4n) is 7.70. The predicted molar refractivity (Wildman–Crippen MR) is 267 cm³/mol. The van der Waals surface area contributed by atoms with Crippen LogP contribution in [0.25, 0.3) is 0 Å². The van der Waals surface area contributed by atoms with E-state index < -0.39 is 0 Å². The van der Waals surface area contributed by atoms with Crippen molar-refractivity contribution >= 4 is 24.8 Å². The van der Waals surface area contributed by atoms with Crippen molar-refractivity contribution in [1.29, 1.82) is 0 Å². The molecule has 0 unspecified atom stereocenters. The van der Waals surface area contributed by atoms with Gasteiger partial charge in [-0.3, -0.25) is 0 Å². The van der Waals surface area contributed by atoms with Gasteiger partial charge in [-0.2, -0.15) is 0 Å². The highest BCUT2D eigenvalue weighted by Crippen LogP contribution is 2.39. The zero-order chi connectivity index (χ0) is 45.5. The van der Waals surface area contributed by atoms with Crippen molar-refractivity contribution in [3.05, 3.63) is 95.1 Å². The Bertz CT molecular complexity index is 1710. The Kier molecular flexibility index (Phi) is 26.2. The fraction of sp³-hybridized carbons (Fsp3) is 0.538. The van der Waals surface area contributed by atoms with Crippen molar-refractivity contribution < 1.29 is 47.4 Å². The van der Waals surface area contributed by atoms with Crippen molar-refractivity contribution in [3.8, 4) is 46.0 Å². The van der Waals surface area contributed by atoms with E-state index in [-0.39, 0.29) is 37.0 Å². The van der Waals surface area contributed by atoms with Gasteiger partial charge in [0.1, 0.15) is 12.2 Å². The molecule has 0 aliphatic carbocycles. The van der Waals surface area contributed by atoms with Crippen LogP contribution in [0.4, 0.5) is 0 Å². The Morgan fingerprint density at radius 2 is 0.636 bits per heavy atom. The normalized spacial score (nSPS) is 12.9. The number of benzene rings is 4. The minimum Gasteiger partial charge on any atom is -0.493 e. The molecule has 0 saturated carbocycles. The molecule has 14 heteroatoms. The first kappa shape index (κ1) is 56.0. The molecule has 5 rings (SSSR count). The number of methoxy groups -OCH3 is 4. The van der Waals surface area contributed by atoms with Crippen LogP contribution in [0.3, 0.4) is 0 Å². The second-order valence-corrected chi connectivity index (χ2v) is 15.9. The van der Waals surface area contributed by atoms with Gasteiger partial charge in [-0.15, -0.1) is 24.8 Å². The van der Waals surface area contributed by atoms with Gasteiger partial charge in [-0.1, -0.05) is 52.0 Å². The molecule has 4 aromatic carbocycles. The molecule has 0 radical (unpaired) electrons. The molecule has 1 fully saturated rings. The van der Waals surface area contributed by atoms with Gasteiger partial charge < -0.3 is 57.2 Å². The molecule has 368 valence electrons. The first-order chi connectivity index (χ1) is 31.4. The quantitative estimate of drug-likeness (QED) is 0.0465. The van der Waals surface area contributed by atoms with Crippen LogP contribution in [0.2, 0.25) is 0 Å². The van der Waals surface area contributed by atoms with Crippen molar-refractivity contribution in [2.45, 2.75) is 78.4 Å². The summed E-state index contributed by atoms with van der Waals surface area (Å²) in [5, 5.41) is 0. The second-order valence-electron chi connectivity index (χ2n) is 15.9. The van der Waals surface area contributed by atoms with Gasteiger partial charge in [0.2, 0.25) is 0 Å². The van der Waals surface area contributed by atoms with E-state index in [1.54, 1.807) is 28.4 Å². The van der Waals surface area contributed by atoms with Crippen LogP contribution in [-0.2, 0) is 9.47 Å². The van der Waals surface area contributed by atoms with Crippen LogP contribution >= 0.6 is 24.8 Å². The maximum atomic E-state index is 6.71. The van der Waals surface area contributed by atoms with E-state index in [1.807, 2.05) is 48.5 Å². The highest BCUT2D eigenvalue weighted by Gasteiger charge is 2.23. The number of piperazine rings is 1. The largest absolute Gasteiger partial charge is 0.493 e. The van der Waals surface area contributed by atoms with E-state index in [1.165, 1.54) is 0 Å². The van der Waals surface area contributed by atoms with Gasteiger partial charge in [0.15, 0.2) is 46.0 Å². The third kappa shape index (κ3) is 16.5. The molecule has 0 atom stereocenters. The smallest absolute Gasteiger partial charge is 0.161 e. The number of hydrogen-bond donors (Lipinski definition) is 0. The first-order valence-corrected chi connectivity index (χ1v) is 23.3. The van der Waals surface area contributed by atoms with E-state index >= 15 is 0 Å². The van der Waals surface area contributed by atoms with Gasteiger partial charge in [0.25, 0.3) is 0 Å². The van der Waals surface area contributed by atoms with Gasteiger partial charge in [-0.05, 0) is 109 Å². The van der Waals surface area contributed by atoms with E-state index in [4.69, 9.17) is 47.4 Å². The lowest BCUT2D eigenvalue weighted by molar-refractivity contribution is 0.0559. The van der Waals surface area contributed by atoms with Crippen molar-refractivity contribution in [3.63, 3.8) is 0 Å².